The lowest BCUT2D eigenvalue weighted by molar-refractivity contribution is 0.346. The van der Waals surface area contributed by atoms with Gasteiger partial charge in [-0.2, -0.15) is 0 Å². The SMILES string of the molecule is [2H]N1CCNCC1([2H])CCCCCCCC(c1ccccc1-c1ccc(SC([2H])([2H])[2H])cc1C)C1([2H])CNCCN1[2H]. The van der Waals surface area contributed by atoms with Crippen LogP contribution in [0.5, 0.6) is 0 Å². The number of aryl methyl sites for hydroxylation is 1. The largest absolute Gasteiger partial charge is 0.314 e. The van der Waals surface area contributed by atoms with Crippen LogP contribution in [0.4, 0.5) is 0 Å². The maximum Gasteiger partial charge on any atom is 0.123 e. The number of unbranched alkanes of at least 4 members (excludes halogenated alkanes) is 4. The van der Waals surface area contributed by atoms with Gasteiger partial charge in [0.1, 0.15) is 2.82 Å². The molecule has 2 saturated heterocycles. The van der Waals surface area contributed by atoms with Gasteiger partial charge >= 0.3 is 0 Å². The highest BCUT2D eigenvalue weighted by Gasteiger charge is 2.26. The van der Waals surface area contributed by atoms with Crippen LogP contribution in [-0.2, 0) is 0 Å². The van der Waals surface area contributed by atoms with Crippen molar-refractivity contribution in [2.24, 2.45) is 0 Å². The van der Waals surface area contributed by atoms with Crippen molar-refractivity contribution in [2.45, 2.75) is 74.7 Å². The molecule has 0 bridgehead atoms. The fourth-order valence-electron chi connectivity index (χ4n) is 5.29. The van der Waals surface area contributed by atoms with E-state index in [0.29, 0.717) is 44.0 Å². The molecular weight excluding hydrogens is 448 g/mol. The molecule has 0 amide bonds. The first kappa shape index (κ1) is 18.8. The Morgan fingerprint density at radius 2 is 1.74 bits per heavy atom. The molecule has 0 spiro atoms. The first-order valence-corrected chi connectivity index (χ1v) is 14.1. The molecule has 2 aliphatic heterocycles. The van der Waals surface area contributed by atoms with Crippen molar-refractivity contribution in [1.29, 1.82) is 0 Å². The predicted octanol–water partition coefficient (Wildman–Crippen LogP) is 5.32. The van der Waals surface area contributed by atoms with Crippen LogP contribution in [0.15, 0.2) is 47.4 Å². The molecule has 2 fully saturated rings. The Hall–Kier alpha value is -1.37. The van der Waals surface area contributed by atoms with E-state index >= 15 is 0 Å². The van der Waals surface area contributed by atoms with Crippen LogP contribution in [0.2, 0.25) is 2.82 Å². The van der Waals surface area contributed by atoms with Crippen molar-refractivity contribution in [1.82, 2.24) is 21.3 Å². The normalized spacial score (nSPS) is 30.3. The molecule has 3 atom stereocenters. The molecule has 4 N–H and O–H groups in total. The monoisotopic (exact) mass is 501 g/mol. The number of nitrogens with one attached hydrogen (secondary N) is 4. The highest BCUT2D eigenvalue weighted by atomic mass is 32.2. The summed E-state index contributed by atoms with van der Waals surface area (Å²) in [5.74, 6) is -0.184. The third-order valence-electron chi connectivity index (χ3n) is 7.17. The van der Waals surface area contributed by atoms with Crippen LogP contribution in [0, 0.1) is 6.92 Å². The molecule has 2 aromatic rings. The zero-order valence-electron chi connectivity index (χ0n) is 28.1. The number of rotatable bonds is 12. The van der Waals surface area contributed by atoms with Crippen molar-refractivity contribution < 1.29 is 9.68 Å². The molecule has 0 aromatic heterocycles. The zero-order chi connectivity index (χ0) is 30.4. The van der Waals surface area contributed by atoms with E-state index in [9.17, 15) is 1.37 Å². The van der Waals surface area contributed by atoms with Gasteiger partial charge in [-0.15, -0.1) is 11.8 Å². The van der Waals surface area contributed by atoms with Gasteiger partial charge in [0.05, 0.1) is 0 Å². The smallest absolute Gasteiger partial charge is 0.123 e. The third kappa shape index (κ3) is 7.80. The minimum absolute atomic E-state index is 0.184. The summed E-state index contributed by atoms with van der Waals surface area (Å²) < 4.78 is 57.8. The van der Waals surface area contributed by atoms with Gasteiger partial charge in [0.25, 0.3) is 0 Å². The van der Waals surface area contributed by atoms with Gasteiger partial charge in [0.15, 0.2) is 0 Å². The Kier molecular flexibility index (Phi) is 7.73. The van der Waals surface area contributed by atoms with Crippen molar-refractivity contribution in [2.75, 3.05) is 45.5 Å². The van der Waals surface area contributed by atoms with E-state index in [1.165, 1.54) is 10.6 Å². The summed E-state index contributed by atoms with van der Waals surface area (Å²) in [6, 6.07) is 12.0. The molecule has 0 radical (unpaired) electrons. The summed E-state index contributed by atoms with van der Waals surface area (Å²) in [4.78, 5) is 0.711. The van der Waals surface area contributed by atoms with Crippen LogP contribution in [0.3, 0.4) is 0 Å². The van der Waals surface area contributed by atoms with Crippen molar-refractivity contribution in [3.05, 3.63) is 53.6 Å². The van der Waals surface area contributed by atoms with E-state index in [1.54, 1.807) is 0 Å². The quantitative estimate of drug-likeness (QED) is 0.234. The van der Waals surface area contributed by atoms with Crippen LogP contribution in [0.25, 0.3) is 11.1 Å². The fraction of sp³-hybridized carbons (Fsp3) is 0.600. The summed E-state index contributed by atoms with van der Waals surface area (Å²) in [6.07, 6.45) is 4.34. The lowest BCUT2D eigenvalue weighted by atomic mass is 9.81. The maximum atomic E-state index is 9.53. The van der Waals surface area contributed by atoms with Gasteiger partial charge < -0.3 is 21.3 Å². The second kappa shape index (κ2) is 14.4. The molecule has 4 rings (SSSR count). The van der Waals surface area contributed by atoms with E-state index in [4.69, 9.17) is 8.31 Å². The third-order valence-corrected chi connectivity index (χ3v) is 7.65. The summed E-state index contributed by atoms with van der Waals surface area (Å²) in [5.41, 5.74) is 4.12. The second-order valence-corrected chi connectivity index (χ2v) is 10.4. The van der Waals surface area contributed by atoms with Gasteiger partial charge in [-0.25, -0.2) is 0 Å². The topological polar surface area (TPSA) is 48.1 Å². The molecule has 35 heavy (non-hydrogen) atoms. The van der Waals surface area contributed by atoms with Gasteiger partial charge in [0.2, 0.25) is 0 Å². The van der Waals surface area contributed by atoms with E-state index < -0.39 is 18.2 Å². The van der Waals surface area contributed by atoms with Crippen molar-refractivity contribution in [3.63, 3.8) is 0 Å². The fourth-order valence-corrected chi connectivity index (χ4v) is 5.66. The Balaban J connectivity index is 1.47. The minimum Gasteiger partial charge on any atom is -0.314 e. The van der Waals surface area contributed by atoms with E-state index in [1.807, 2.05) is 37.3 Å². The number of piperazine rings is 2. The van der Waals surface area contributed by atoms with Crippen molar-refractivity contribution >= 4 is 11.8 Å². The second-order valence-electron chi connectivity index (χ2n) is 9.70. The van der Waals surface area contributed by atoms with Crippen LogP contribution in [-0.4, -0.2) is 57.5 Å². The van der Waals surface area contributed by atoms with Crippen molar-refractivity contribution in [3.8, 4) is 11.1 Å². The van der Waals surface area contributed by atoms with Crippen LogP contribution < -0.4 is 21.3 Å². The standard InChI is InChI=1S/C30H46N4S/c1-23-20-25(35-2)14-15-26(23)27-11-8-9-12-28(27)29(30-22-32-17-19-34-30)13-7-5-3-4-6-10-24-21-31-16-18-33-24/h8-9,11-12,14-15,20,24,29-34H,3-7,10,13,16-19,21-22H2,1-2H3/i2D3,24D,30D/hD2. The Morgan fingerprint density at radius 1 is 0.943 bits per heavy atom. The van der Waals surface area contributed by atoms with Gasteiger partial charge in [-0.3, -0.25) is 0 Å². The Morgan fingerprint density at radius 3 is 2.57 bits per heavy atom. The molecule has 3 unspecified atom stereocenters. The number of benzene rings is 2. The van der Waals surface area contributed by atoms with Gasteiger partial charge in [-0.05, 0) is 60.3 Å². The Bertz CT molecular complexity index is 1170. The minimum atomic E-state index is -2.10. The lowest BCUT2D eigenvalue weighted by Crippen LogP contribution is -2.51. The first-order valence-electron chi connectivity index (χ1n) is 16.7. The number of hydrogen-bond donors (Lipinski definition) is 4. The molecule has 0 aliphatic carbocycles. The van der Waals surface area contributed by atoms with Crippen LogP contribution in [0.1, 0.15) is 68.8 Å². The highest BCUT2D eigenvalue weighted by molar-refractivity contribution is 7.98. The average Bonchev–Trinajstić information content (AvgIpc) is 2.93. The number of thioether (sulfide) groups is 1. The summed E-state index contributed by atoms with van der Waals surface area (Å²) >= 11 is 0.884. The molecule has 2 aliphatic rings. The molecule has 5 heteroatoms. The van der Waals surface area contributed by atoms with E-state index in [2.05, 4.69) is 22.8 Å². The van der Waals surface area contributed by atoms with E-state index in [0.717, 1.165) is 79.1 Å². The average molecular weight is 502 g/mol. The molecule has 2 heterocycles. The van der Waals surface area contributed by atoms with Gasteiger partial charge in [0, 0.05) is 69.0 Å². The molecule has 2 aromatic carbocycles. The summed E-state index contributed by atoms with van der Waals surface area (Å²) in [7, 11) is 0. The summed E-state index contributed by atoms with van der Waals surface area (Å²) in [5, 5.41) is 9.49. The molecular formula is C30H46N4S. The highest BCUT2D eigenvalue weighted by Crippen LogP contribution is 2.37. The molecule has 192 valence electrons. The molecule has 0 saturated carbocycles. The summed E-state index contributed by atoms with van der Waals surface area (Å²) in [6.45, 7) is 5.53. The predicted molar refractivity (Wildman–Crippen MR) is 153 cm³/mol. The number of hydrogen-bond acceptors (Lipinski definition) is 5. The lowest BCUT2D eigenvalue weighted by Gasteiger charge is -2.34. The Labute approximate surface area is 227 Å². The van der Waals surface area contributed by atoms with E-state index in [-0.39, 0.29) is 5.92 Å². The van der Waals surface area contributed by atoms with Gasteiger partial charge in [-0.1, -0.05) is 62.4 Å². The zero-order valence-corrected chi connectivity index (χ0v) is 21.9. The maximum absolute atomic E-state index is 9.53. The first-order chi connectivity index (χ1) is 19.9. The molecule has 4 nitrogen and oxygen atoms in total. The van der Waals surface area contributed by atoms with Crippen LogP contribution >= 0.6 is 11.8 Å².